The van der Waals surface area contributed by atoms with Crippen molar-refractivity contribution in [1.82, 2.24) is 5.43 Å². The number of nitrogens with one attached hydrogen (secondary N) is 1. The van der Waals surface area contributed by atoms with Crippen molar-refractivity contribution in [3.05, 3.63) is 71.8 Å². The molecule has 1 N–H and O–H groups in total. The summed E-state index contributed by atoms with van der Waals surface area (Å²) in [6, 6.07) is 18.7. The van der Waals surface area contributed by atoms with E-state index in [1.165, 1.54) is 4.90 Å². The Kier molecular flexibility index (Phi) is 4.76. The van der Waals surface area contributed by atoms with Crippen LogP contribution in [-0.2, 0) is 4.79 Å². The quantitative estimate of drug-likeness (QED) is 0.532. The lowest BCUT2D eigenvalue weighted by molar-refractivity contribution is -0.119. The van der Waals surface area contributed by atoms with E-state index in [1.54, 1.807) is 12.3 Å². The van der Waals surface area contributed by atoms with Crippen LogP contribution in [0.2, 0.25) is 0 Å². The molecule has 2 amide bonds. The second kappa shape index (κ2) is 7.52. The normalized spacial score (nSPS) is 12.8. The smallest absolute Gasteiger partial charge is 0.260 e. The summed E-state index contributed by atoms with van der Waals surface area (Å²) >= 11 is 0. The number of ether oxygens (including phenoxy) is 1. The Morgan fingerprint density at radius 3 is 2.61 bits per heavy atom. The maximum absolute atomic E-state index is 12.7. The summed E-state index contributed by atoms with van der Waals surface area (Å²) in [5, 5.41) is 5.85. The van der Waals surface area contributed by atoms with Gasteiger partial charge in [0.05, 0.1) is 18.5 Å². The third kappa shape index (κ3) is 3.32. The lowest BCUT2D eigenvalue weighted by Crippen LogP contribution is -2.37. The van der Waals surface area contributed by atoms with Gasteiger partial charge in [0.15, 0.2) is 0 Å². The average Bonchev–Trinajstić information content (AvgIpc) is 2.98. The van der Waals surface area contributed by atoms with Gasteiger partial charge in [-0.2, -0.15) is 5.10 Å². The van der Waals surface area contributed by atoms with Gasteiger partial charge in [0.1, 0.15) is 12.3 Å². The van der Waals surface area contributed by atoms with E-state index in [4.69, 9.17) is 4.74 Å². The average molecular weight is 373 g/mol. The van der Waals surface area contributed by atoms with Gasteiger partial charge >= 0.3 is 0 Å². The zero-order valence-electron chi connectivity index (χ0n) is 15.4. The molecule has 0 saturated heterocycles. The number of hydrogen-bond acceptors (Lipinski definition) is 4. The summed E-state index contributed by atoms with van der Waals surface area (Å²) in [7, 11) is 0. The van der Waals surface area contributed by atoms with Crippen LogP contribution in [0.25, 0.3) is 10.8 Å². The predicted molar refractivity (Wildman–Crippen MR) is 109 cm³/mol. The minimum atomic E-state index is -0.361. The molecule has 1 aliphatic rings. The molecule has 3 aromatic rings. The molecule has 140 valence electrons. The summed E-state index contributed by atoms with van der Waals surface area (Å²) in [4.78, 5) is 26.5. The summed E-state index contributed by atoms with van der Waals surface area (Å²) in [6.45, 7) is 2.44. The van der Waals surface area contributed by atoms with Crippen LogP contribution in [0.5, 0.6) is 5.75 Å². The van der Waals surface area contributed by atoms with Crippen molar-refractivity contribution in [2.75, 3.05) is 18.1 Å². The number of hydrogen-bond donors (Lipinski definition) is 1. The van der Waals surface area contributed by atoms with Gasteiger partial charge in [-0.1, -0.05) is 24.3 Å². The number of amides is 2. The minimum absolute atomic E-state index is 0.0900. The molecule has 0 unspecified atom stereocenters. The van der Waals surface area contributed by atoms with Crippen molar-refractivity contribution in [3.8, 4) is 5.75 Å². The Morgan fingerprint density at radius 1 is 1.11 bits per heavy atom. The van der Waals surface area contributed by atoms with Gasteiger partial charge in [-0.15, -0.1) is 0 Å². The van der Waals surface area contributed by atoms with Crippen LogP contribution in [0.3, 0.4) is 0 Å². The van der Waals surface area contributed by atoms with E-state index >= 15 is 0 Å². The van der Waals surface area contributed by atoms with Crippen LogP contribution in [0.1, 0.15) is 22.8 Å². The topological polar surface area (TPSA) is 71.0 Å². The molecule has 0 aromatic heterocycles. The van der Waals surface area contributed by atoms with Crippen molar-refractivity contribution in [2.24, 2.45) is 5.10 Å². The second-order valence-electron chi connectivity index (χ2n) is 6.37. The SMILES string of the molecule is CCOc1ccc(/C=N/NC(=O)CN2C(=O)c3cccc4cccc2c34)cc1. The number of rotatable bonds is 6. The highest BCUT2D eigenvalue weighted by molar-refractivity contribution is 6.26. The highest BCUT2D eigenvalue weighted by atomic mass is 16.5. The minimum Gasteiger partial charge on any atom is -0.494 e. The van der Waals surface area contributed by atoms with Crippen LogP contribution in [-0.4, -0.2) is 31.2 Å². The lowest BCUT2D eigenvalue weighted by Gasteiger charge is -2.16. The Bertz CT molecular complexity index is 1070. The van der Waals surface area contributed by atoms with E-state index in [0.717, 1.165) is 27.8 Å². The monoisotopic (exact) mass is 373 g/mol. The molecule has 28 heavy (non-hydrogen) atoms. The van der Waals surface area contributed by atoms with Gasteiger partial charge in [0, 0.05) is 10.9 Å². The largest absolute Gasteiger partial charge is 0.494 e. The van der Waals surface area contributed by atoms with E-state index in [1.807, 2.05) is 61.5 Å². The highest BCUT2D eigenvalue weighted by Gasteiger charge is 2.30. The van der Waals surface area contributed by atoms with Gasteiger partial charge in [-0.3, -0.25) is 14.5 Å². The van der Waals surface area contributed by atoms with Crippen LogP contribution >= 0.6 is 0 Å². The Labute approximate surface area is 162 Å². The van der Waals surface area contributed by atoms with Crippen molar-refractivity contribution in [1.29, 1.82) is 0 Å². The van der Waals surface area contributed by atoms with Gasteiger partial charge in [0.25, 0.3) is 11.8 Å². The van der Waals surface area contributed by atoms with Crippen molar-refractivity contribution in [3.63, 3.8) is 0 Å². The molecule has 0 radical (unpaired) electrons. The molecule has 0 spiro atoms. The van der Waals surface area contributed by atoms with E-state index in [-0.39, 0.29) is 18.4 Å². The molecule has 0 bridgehead atoms. The molecule has 0 atom stereocenters. The molecule has 0 fully saturated rings. The molecule has 0 aliphatic carbocycles. The zero-order chi connectivity index (χ0) is 19.5. The maximum atomic E-state index is 12.7. The number of carbonyl (C=O) groups is 2. The molecule has 6 heteroatoms. The first kappa shape index (κ1) is 17.7. The van der Waals surface area contributed by atoms with Crippen LogP contribution in [0, 0.1) is 0 Å². The molecule has 0 saturated carbocycles. The lowest BCUT2D eigenvalue weighted by atomic mass is 10.1. The molecular weight excluding hydrogens is 354 g/mol. The third-order valence-corrected chi connectivity index (χ3v) is 4.54. The first-order valence-electron chi connectivity index (χ1n) is 9.06. The molecular formula is C22H19N3O3. The Morgan fingerprint density at radius 2 is 1.86 bits per heavy atom. The number of carbonyl (C=O) groups excluding carboxylic acids is 2. The Hall–Kier alpha value is -3.67. The highest BCUT2D eigenvalue weighted by Crippen LogP contribution is 2.36. The van der Waals surface area contributed by atoms with Crippen LogP contribution in [0.15, 0.2) is 65.8 Å². The fraction of sp³-hybridized carbons (Fsp3) is 0.136. The molecule has 6 nitrogen and oxygen atoms in total. The summed E-state index contributed by atoms with van der Waals surface area (Å²) < 4.78 is 5.39. The summed E-state index contributed by atoms with van der Waals surface area (Å²) in [5.74, 6) is 0.253. The van der Waals surface area contributed by atoms with Crippen molar-refractivity contribution in [2.45, 2.75) is 6.92 Å². The Balaban J connectivity index is 1.42. The standard InChI is InChI=1S/C22H19N3O3/c1-2-28-17-11-9-15(10-12-17)13-23-24-20(26)14-25-19-8-4-6-16-5-3-7-18(21(16)19)22(25)27/h3-13H,2,14H2,1H3,(H,24,26)/b23-13+. The fourth-order valence-electron chi connectivity index (χ4n) is 3.31. The van der Waals surface area contributed by atoms with E-state index < -0.39 is 0 Å². The fourth-order valence-corrected chi connectivity index (χ4v) is 3.31. The summed E-state index contributed by atoms with van der Waals surface area (Å²) in [5.41, 5.74) is 4.69. The van der Waals surface area contributed by atoms with E-state index in [9.17, 15) is 9.59 Å². The van der Waals surface area contributed by atoms with E-state index in [0.29, 0.717) is 12.2 Å². The van der Waals surface area contributed by atoms with E-state index in [2.05, 4.69) is 10.5 Å². The molecule has 1 heterocycles. The van der Waals surface area contributed by atoms with Crippen LogP contribution < -0.4 is 15.1 Å². The van der Waals surface area contributed by atoms with Gasteiger partial charge in [-0.05, 0) is 54.3 Å². The van der Waals surface area contributed by atoms with Crippen molar-refractivity contribution >= 4 is 34.5 Å². The first-order valence-corrected chi connectivity index (χ1v) is 9.06. The second-order valence-corrected chi connectivity index (χ2v) is 6.37. The maximum Gasteiger partial charge on any atom is 0.260 e. The van der Waals surface area contributed by atoms with Crippen LogP contribution in [0.4, 0.5) is 5.69 Å². The van der Waals surface area contributed by atoms with Crippen molar-refractivity contribution < 1.29 is 14.3 Å². The first-order chi connectivity index (χ1) is 13.7. The number of benzene rings is 3. The third-order valence-electron chi connectivity index (χ3n) is 4.54. The number of hydrazone groups is 1. The molecule has 4 rings (SSSR count). The van der Waals surface area contributed by atoms with Gasteiger partial charge in [0.2, 0.25) is 0 Å². The molecule has 1 aliphatic heterocycles. The number of anilines is 1. The van der Waals surface area contributed by atoms with Gasteiger partial charge in [-0.25, -0.2) is 5.43 Å². The summed E-state index contributed by atoms with van der Waals surface area (Å²) in [6.07, 6.45) is 1.55. The molecule has 3 aromatic carbocycles. The zero-order valence-corrected chi connectivity index (χ0v) is 15.4. The number of nitrogens with zero attached hydrogens (tertiary/aromatic N) is 2. The van der Waals surface area contributed by atoms with Gasteiger partial charge < -0.3 is 4.74 Å². The predicted octanol–water partition coefficient (Wildman–Crippen LogP) is 3.35.